The minimum absolute atomic E-state index is 0.00736. The van der Waals surface area contributed by atoms with E-state index >= 15 is 0 Å². The molecule has 3 atom stereocenters. The lowest BCUT2D eigenvalue weighted by molar-refractivity contribution is -0.175. The van der Waals surface area contributed by atoms with Crippen LogP contribution in [-0.4, -0.2) is 30.2 Å². The number of hydrogen-bond donors (Lipinski definition) is 2. The van der Waals surface area contributed by atoms with Crippen LogP contribution in [0, 0.1) is 11.3 Å². The fourth-order valence-corrected chi connectivity index (χ4v) is 3.89. The number of carbonyl (C=O) groups is 1. The number of carbonyl (C=O) groups excluding carboxylic acids is 1. The molecule has 0 aromatic heterocycles. The smallest absolute Gasteiger partial charge is 0.241 e. The second-order valence-corrected chi connectivity index (χ2v) is 6.39. The van der Waals surface area contributed by atoms with Gasteiger partial charge in [-0.2, -0.15) is 0 Å². The molecule has 0 radical (unpaired) electrons. The van der Waals surface area contributed by atoms with Crippen LogP contribution in [0.1, 0.15) is 33.1 Å². The summed E-state index contributed by atoms with van der Waals surface area (Å²) < 4.78 is 5.71. The van der Waals surface area contributed by atoms with Gasteiger partial charge in [-0.3, -0.25) is 4.79 Å². The Labute approximate surface area is 108 Å². The van der Waals surface area contributed by atoms with Gasteiger partial charge in [0.15, 0.2) is 0 Å². The number of fused-ring (bicyclic) bond motifs is 1. The molecule has 1 aliphatic heterocycles. The number of ether oxygens (including phenoxy) is 1. The molecule has 0 spiro atoms. The second kappa shape index (κ2) is 3.81. The van der Waals surface area contributed by atoms with Gasteiger partial charge in [-0.1, -0.05) is 26.0 Å². The lowest BCUT2D eigenvalue weighted by atomic mass is 9.48. The Hall–Kier alpha value is -0.870. The SMILES string of the molecule is CC1(C)C2OCCC2C1(N)C(=O)NC1CC=CC1. The topological polar surface area (TPSA) is 64.3 Å². The van der Waals surface area contributed by atoms with Crippen LogP contribution < -0.4 is 11.1 Å². The number of rotatable bonds is 2. The zero-order chi connectivity index (χ0) is 13.0. The van der Waals surface area contributed by atoms with E-state index in [1.54, 1.807) is 0 Å². The number of nitrogens with two attached hydrogens (primary N) is 1. The highest BCUT2D eigenvalue weighted by atomic mass is 16.5. The summed E-state index contributed by atoms with van der Waals surface area (Å²) >= 11 is 0. The van der Waals surface area contributed by atoms with E-state index in [-0.39, 0.29) is 29.4 Å². The van der Waals surface area contributed by atoms with Crippen LogP contribution in [0.2, 0.25) is 0 Å². The summed E-state index contributed by atoms with van der Waals surface area (Å²) in [6, 6.07) is 0.232. The van der Waals surface area contributed by atoms with Crippen LogP contribution in [0.15, 0.2) is 12.2 Å². The van der Waals surface area contributed by atoms with Gasteiger partial charge in [-0.25, -0.2) is 0 Å². The second-order valence-electron chi connectivity index (χ2n) is 6.39. The summed E-state index contributed by atoms with van der Waals surface area (Å²) in [4.78, 5) is 12.5. The molecule has 0 aromatic carbocycles. The average Bonchev–Trinajstić information content (AvgIpc) is 2.97. The van der Waals surface area contributed by atoms with Crippen molar-refractivity contribution in [3.05, 3.63) is 12.2 Å². The third-order valence-electron chi connectivity index (χ3n) is 5.17. The third kappa shape index (κ3) is 1.36. The molecule has 1 heterocycles. The molecule has 3 rings (SSSR count). The summed E-state index contributed by atoms with van der Waals surface area (Å²) in [6.07, 6.45) is 7.12. The first-order chi connectivity index (χ1) is 8.48. The van der Waals surface area contributed by atoms with Crippen molar-refractivity contribution < 1.29 is 9.53 Å². The predicted octanol–water partition coefficient (Wildman–Crippen LogP) is 0.964. The van der Waals surface area contributed by atoms with Crippen LogP contribution in [0.5, 0.6) is 0 Å². The first kappa shape index (κ1) is 12.2. The first-order valence-electron chi connectivity index (χ1n) is 6.84. The summed E-state index contributed by atoms with van der Waals surface area (Å²) in [6.45, 7) is 4.83. The lowest BCUT2D eigenvalue weighted by Gasteiger charge is -2.60. The third-order valence-corrected chi connectivity index (χ3v) is 5.17. The number of hydrogen-bond acceptors (Lipinski definition) is 3. The minimum Gasteiger partial charge on any atom is -0.377 e. The molecule has 1 saturated carbocycles. The van der Waals surface area contributed by atoms with Gasteiger partial charge in [0.05, 0.1) is 6.10 Å². The predicted molar refractivity (Wildman–Crippen MR) is 68.9 cm³/mol. The van der Waals surface area contributed by atoms with Crippen molar-refractivity contribution in [1.29, 1.82) is 0 Å². The van der Waals surface area contributed by atoms with Crippen molar-refractivity contribution in [3.8, 4) is 0 Å². The van der Waals surface area contributed by atoms with Gasteiger partial charge in [-0.05, 0) is 19.3 Å². The molecule has 1 amide bonds. The molecule has 0 bridgehead atoms. The molecule has 1 saturated heterocycles. The standard InChI is InChI=1S/C14H22N2O2/c1-13(2)11-10(7-8-18-11)14(13,15)12(17)16-9-5-3-4-6-9/h3-4,9-11H,5-8,15H2,1-2H3,(H,16,17). The van der Waals surface area contributed by atoms with Crippen LogP contribution in [0.25, 0.3) is 0 Å². The Bertz CT molecular complexity index is 397. The first-order valence-corrected chi connectivity index (χ1v) is 6.84. The molecule has 0 aromatic rings. The molecule has 4 heteroatoms. The average molecular weight is 250 g/mol. The molecule has 3 unspecified atom stereocenters. The van der Waals surface area contributed by atoms with Gasteiger partial charge in [0.2, 0.25) is 5.91 Å². The molecule has 2 aliphatic carbocycles. The Morgan fingerprint density at radius 2 is 2.06 bits per heavy atom. The van der Waals surface area contributed by atoms with Crippen molar-refractivity contribution in [2.45, 2.75) is 50.8 Å². The Morgan fingerprint density at radius 1 is 1.39 bits per heavy atom. The summed E-state index contributed by atoms with van der Waals surface area (Å²) in [5, 5.41) is 3.11. The van der Waals surface area contributed by atoms with E-state index in [4.69, 9.17) is 10.5 Å². The van der Waals surface area contributed by atoms with Gasteiger partial charge in [0.1, 0.15) is 5.54 Å². The van der Waals surface area contributed by atoms with Gasteiger partial charge in [-0.15, -0.1) is 0 Å². The van der Waals surface area contributed by atoms with Gasteiger partial charge in [0.25, 0.3) is 0 Å². The van der Waals surface area contributed by atoms with E-state index in [1.165, 1.54) is 0 Å². The van der Waals surface area contributed by atoms with E-state index in [1.807, 2.05) is 13.8 Å². The van der Waals surface area contributed by atoms with Crippen molar-refractivity contribution in [2.75, 3.05) is 6.61 Å². The van der Waals surface area contributed by atoms with E-state index in [9.17, 15) is 4.79 Å². The number of amides is 1. The van der Waals surface area contributed by atoms with Crippen LogP contribution in [0.4, 0.5) is 0 Å². The maximum Gasteiger partial charge on any atom is 0.241 e. The normalized spacial score (nSPS) is 41.5. The summed E-state index contributed by atoms with van der Waals surface area (Å²) in [7, 11) is 0. The quantitative estimate of drug-likeness (QED) is 0.718. The van der Waals surface area contributed by atoms with E-state index < -0.39 is 5.54 Å². The van der Waals surface area contributed by atoms with Crippen molar-refractivity contribution >= 4 is 5.91 Å². The van der Waals surface area contributed by atoms with Crippen molar-refractivity contribution in [3.63, 3.8) is 0 Å². The molecular weight excluding hydrogens is 228 g/mol. The highest BCUT2D eigenvalue weighted by molar-refractivity contribution is 5.89. The molecule has 18 heavy (non-hydrogen) atoms. The minimum atomic E-state index is -0.767. The Kier molecular flexibility index (Phi) is 2.58. The molecule has 3 aliphatic rings. The maximum atomic E-state index is 12.5. The molecule has 3 N–H and O–H groups in total. The summed E-state index contributed by atoms with van der Waals surface area (Å²) in [5.74, 6) is 0.190. The van der Waals surface area contributed by atoms with Crippen LogP contribution >= 0.6 is 0 Å². The molecule has 100 valence electrons. The van der Waals surface area contributed by atoms with Gasteiger partial charge >= 0.3 is 0 Å². The maximum absolute atomic E-state index is 12.5. The summed E-state index contributed by atoms with van der Waals surface area (Å²) in [5.41, 5.74) is 5.43. The molecule has 2 fully saturated rings. The fraction of sp³-hybridized carbons (Fsp3) is 0.786. The van der Waals surface area contributed by atoms with Crippen LogP contribution in [-0.2, 0) is 9.53 Å². The van der Waals surface area contributed by atoms with E-state index in [0.29, 0.717) is 0 Å². The highest BCUT2D eigenvalue weighted by Gasteiger charge is 2.71. The van der Waals surface area contributed by atoms with Crippen molar-refractivity contribution in [2.24, 2.45) is 17.1 Å². The van der Waals surface area contributed by atoms with Gasteiger partial charge in [0, 0.05) is 24.0 Å². The Balaban J connectivity index is 1.75. The monoisotopic (exact) mass is 250 g/mol. The fourth-order valence-electron chi connectivity index (χ4n) is 3.89. The zero-order valence-electron chi connectivity index (χ0n) is 11.1. The highest BCUT2D eigenvalue weighted by Crippen LogP contribution is 2.58. The molecule has 4 nitrogen and oxygen atoms in total. The van der Waals surface area contributed by atoms with E-state index in [2.05, 4.69) is 17.5 Å². The lowest BCUT2D eigenvalue weighted by Crippen LogP contribution is -2.80. The Morgan fingerprint density at radius 3 is 2.72 bits per heavy atom. The van der Waals surface area contributed by atoms with E-state index in [0.717, 1.165) is 25.9 Å². The number of nitrogens with one attached hydrogen (secondary N) is 1. The van der Waals surface area contributed by atoms with Crippen molar-refractivity contribution in [1.82, 2.24) is 5.32 Å². The molecular formula is C14H22N2O2. The zero-order valence-corrected chi connectivity index (χ0v) is 11.1. The van der Waals surface area contributed by atoms with Gasteiger partial charge < -0.3 is 15.8 Å². The van der Waals surface area contributed by atoms with Crippen LogP contribution in [0.3, 0.4) is 0 Å². The largest absolute Gasteiger partial charge is 0.377 e.